The molecule has 1 saturated heterocycles. The van der Waals surface area contributed by atoms with Gasteiger partial charge in [0.15, 0.2) is 5.76 Å². The average molecular weight is 425 g/mol. The molecule has 0 N–H and O–H groups in total. The highest BCUT2D eigenvalue weighted by atomic mass is 127. The van der Waals surface area contributed by atoms with Gasteiger partial charge >= 0.3 is 0 Å². The number of likely N-dealkylation sites (tertiary alicyclic amines) is 1. The van der Waals surface area contributed by atoms with Crippen LogP contribution in [0.5, 0.6) is 5.75 Å². The van der Waals surface area contributed by atoms with Gasteiger partial charge in [-0.1, -0.05) is 12.8 Å². The molecule has 0 aliphatic carbocycles. The van der Waals surface area contributed by atoms with E-state index in [1.807, 2.05) is 35.2 Å². The Bertz CT molecular complexity index is 643. The number of benzene rings is 1. The summed E-state index contributed by atoms with van der Waals surface area (Å²) >= 11 is 2.25. The Morgan fingerprint density at radius 2 is 1.74 bits per heavy atom. The lowest BCUT2D eigenvalue weighted by molar-refractivity contribution is 0.0725. The molecule has 4 nitrogen and oxygen atoms in total. The lowest BCUT2D eigenvalue weighted by atomic mass is 10.2. The van der Waals surface area contributed by atoms with E-state index < -0.39 is 0 Å². The third kappa shape index (κ3) is 4.50. The lowest BCUT2D eigenvalue weighted by Gasteiger charge is -2.18. The predicted octanol–water partition coefficient (Wildman–Crippen LogP) is 4.48. The smallest absolute Gasteiger partial charge is 0.289 e. The zero-order chi connectivity index (χ0) is 16.1. The van der Waals surface area contributed by atoms with E-state index in [2.05, 4.69) is 22.6 Å². The molecule has 5 heteroatoms. The van der Waals surface area contributed by atoms with E-state index in [0.717, 1.165) is 31.7 Å². The first kappa shape index (κ1) is 16.4. The molecule has 0 spiro atoms. The molecule has 1 aromatic carbocycles. The molecular formula is C18H20INO3. The van der Waals surface area contributed by atoms with Crippen molar-refractivity contribution >= 4 is 28.5 Å². The number of carbonyl (C=O) groups excluding carboxylic acids is 1. The van der Waals surface area contributed by atoms with E-state index in [1.165, 1.54) is 16.4 Å². The molecule has 2 heterocycles. The van der Waals surface area contributed by atoms with Gasteiger partial charge < -0.3 is 14.1 Å². The summed E-state index contributed by atoms with van der Waals surface area (Å²) in [6.07, 6.45) is 4.57. The summed E-state index contributed by atoms with van der Waals surface area (Å²) in [6, 6.07) is 11.4. The second kappa shape index (κ2) is 7.86. The van der Waals surface area contributed by atoms with Gasteiger partial charge in [0, 0.05) is 16.7 Å². The van der Waals surface area contributed by atoms with Crippen molar-refractivity contribution in [2.24, 2.45) is 0 Å². The number of rotatable bonds is 4. The maximum Gasteiger partial charge on any atom is 0.289 e. The Morgan fingerprint density at radius 3 is 2.43 bits per heavy atom. The van der Waals surface area contributed by atoms with E-state index in [1.54, 1.807) is 6.07 Å². The molecule has 1 aromatic heterocycles. The highest BCUT2D eigenvalue weighted by Crippen LogP contribution is 2.18. The normalized spacial score (nSPS) is 15.3. The SMILES string of the molecule is O=C(c1ccc(COc2ccc(I)cc2)o1)N1CCCCCC1. The molecule has 1 aliphatic rings. The van der Waals surface area contributed by atoms with E-state index in [9.17, 15) is 4.79 Å². The molecular weight excluding hydrogens is 405 g/mol. The molecule has 0 atom stereocenters. The highest BCUT2D eigenvalue weighted by Gasteiger charge is 2.20. The Labute approximate surface area is 149 Å². The topological polar surface area (TPSA) is 42.7 Å². The number of carbonyl (C=O) groups is 1. The van der Waals surface area contributed by atoms with Crippen LogP contribution in [0.15, 0.2) is 40.8 Å². The van der Waals surface area contributed by atoms with Crippen molar-refractivity contribution in [3.8, 4) is 5.75 Å². The van der Waals surface area contributed by atoms with Crippen LogP contribution in [0.2, 0.25) is 0 Å². The minimum atomic E-state index is -0.00702. The monoisotopic (exact) mass is 425 g/mol. The van der Waals surface area contributed by atoms with Crippen molar-refractivity contribution in [1.82, 2.24) is 4.90 Å². The number of hydrogen-bond donors (Lipinski definition) is 0. The summed E-state index contributed by atoms with van der Waals surface area (Å²) in [7, 11) is 0. The van der Waals surface area contributed by atoms with Crippen LogP contribution in [0.25, 0.3) is 0 Å². The number of ether oxygens (including phenoxy) is 1. The molecule has 1 aliphatic heterocycles. The van der Waals surface area contributed by atoms with Crippen LogP contribution in [-0.2, 0) is 6.61 Å². The fourth-order valence-electron chi connectivity index (χ4n) is 2.69. The summed E-state index contributed by atoms with van der Waals surface area (Å²) in [5, 5.41) is 0. The summed E-state index contributed by atoms with van der Waals surface area (Å²) in [4.78, 5) is 14.4. The fourth-order valence-corrected chi connectivity index (χ4v) is 3.04. The fraction of sp³-hybridized carbons (Fsp3) is 0.389. The maximum atomic E-state index is 12.5. The van der Waals surface area contributed by atoms with Crippen molar-refractivity contribution in [3.63, 3.8) is 0 Å². The van der Waals surface area contributed by atoms with Gasteiger partial charge in [0.1, 0.15) is 18.1 Å². The first-order valence-electron chi connectivity index (χ1n) is 7.99. The molecule has 0 saturated carbocycles. The second-order valence-corrected chi connectivity index (χ2v) is 6.96. The van der Waals surface area contributed by atoms with Crippen LogP contribution in [0.3, 0.4) is 0 Å². The van der Waals surface area contributed by atoms with Crippen LogP contribution in [0, 0.1) is 3.57 Å². The molecule has 23 heavy (non-hydrogen) atoms. The Morgan fingerprint density at radius 1 is 1.04 bits per heavy atom. The summed E-state index contributed by atoms with van der Waals surface area (Å²) < 4.78 is 12.5. The summed E-state index contributed by atoms with van der Waals surface area (Å²) in [5.74, 6) is 1.87. The molecule has 122 valence electrons. The lowest BCUT2D eigenvalue weighted by Crippen LogP contribution is -2.31. The van der Waals surface area contributed by atoms with Crippen LogP contribution in [0.4, 0.5) is 0 Å². The van der Waals surface area contributed by atoms with Crippen molar-refractivity contribution in [3.05, 3.63) is 51.5 Å². The molecule has 1 fully saturated rings. The van der Waals surface area contributed by atoms with E-state index in [4.69, 9.17) is 9.15 Å². The quantitative estimate of drug-likeness (QED) is 0.679. The van der Waals surface area contributed by atoms with Crippen molar-refractivity contribution in [1.29, 1.82) is 0 Å². The van der Waals surface area contributed by atoms with Gasteiger partial charge in [-0.2, -0.15) is 0 Å². The van der Waals surface area contributed by atoms with Gasteiger partial charge in [0.05, 0.1) is 0 Å². The van der Waals surface area contributed by atoms with Crippen LogP contribution < -0.4 is 4.74 Å². The van der Waals surface area contributed by atoms with E-state index in [-0.39, 0.29) is 5.91 Å². The maximum absolute atomic E-state index is 12.5. The molecule has 0 unspecified atom stereocenters. The highest BCUT2D eigenvalue weighted by molar-refractivity contribution is 14.1. The number of furan rings is 1. The minimum absolute atomic E-state index is 0.00702. The van der Waals surface area contributed by atoms with Crippen LogP contribution >= 0.6 is 22.6 Å². The largest absolute Gasteiger partial charge is 0.486 e. The van der Waals surface area contributed by atoms with Gasteiger partial charge in [-0.15, -0.1) is 0 Å². The number of amides is 1. The molecule has 0 radical (unpaired) electrons. The molecule has 3 rings (SSSR count). The number of halogens is 1. The average Bonchev–Trinajstić information content (AvgIpc) is 2.87. The van der Waals surface area contributed by atoms with Gasteiger partial charge in [-0.3, -0.25) is 4.79 Å². The first-order valence-corrected chi connectivity index (χ1v) is 9.06. The van der Waals surface area contributed by atoms with Crippen molar-refractivity contribution in [2.75, 3.05) is 13.1 Å². The van der Waals surface area contributed by atoms with E-state index in [0.29, 0.717) is 18.1 Å². The standard InChI is InChI=1S/C18H20INO3/c19-14-5-7-15(8-6-14)22-13-16-9-10-17(23-16)18(21)20-11-3-1-2-4-12-20/h5-10H,1-4,11-13H2. The van der Waals surface area contributed by atoms with Gasteiger partial charge in [-0.25, -0.2) is 0 Å². The predicted molar refractivity (Wildman–Crippen MR) is 96.6 cm³/mol. The van der Waals surface area contributed by atoms with Crippen LogP contribution in [0.1, 0.15) is 42.0 Å². The van der Waals surface area contributed by atoms with Gasteiger partial charge in [0.25, 0.3) is 5.91 Å². The van der Waals surface area contributed by atoms with Gasteiger partial charge in [0.2, 0.25) is 0 Å². The third-order valence-corrected chi connectivity index (χ3v) is 4.68. The first-order chi connectivity index (χ1) is 11.2. The van der Waals surface area contributed by atoms with Gasteiger partial charge in [-0.05, 0) is 71.8 Å². The van der Waals surface area contributed by atoms with Crippen LogP contribution in [-0.4, -0.2) is 23.9 Å². The number of nitrogens with zero attached hydrogens (tertiary/aromatic N) is 1. The Hall–Kier alpha value is -1.50. The van der Waals surface area contributed by atoms with Crippen molar-refractivity contribution < 1.29 is 13.9 Å². The third-order valence-electron chi connectivity index (χ3n) is 3.96. The molecule has 1 amide bonds. The van der Waals surface area contributed by atoms with E-state index >= 15 is 0 Å². The van der Waals surface area contributed by atoms with Crippen molar-refractivity contribution in [2.45, 2.75) is 32.3 Å². The second-order valence-electron chi connectivity index (χ2n) is 5.71. The molecule has 0 bridgehead atoms. The number of hydrogen-bond acceptors (Lipinski definition) is 3. The Kier molecular flexibility index (Phi) is 5.59. The summed E-state index contributed by atoms with van der Waals surface area (Å²) in [6.45, 7) is 1.98. The minimum Gasteiger partial charge on any atom is -0.486 e. The zero-order valence-electron chi connectivity index (χ0n) is 13.0. The summed E-state index contributed by atoms with van der Waals surface area (Å²) in [5.41, 5.74) is 0. The Balaban J connectivity index is 1.58. The molecule has 2 aromatic rings. The zero-order valence-corrected chi connectivity index (χ0v) is 15.1.